The van der Waals surface area contributed by atoms with Crippen LogP contribution >= 0.6 is 0 Å². The molecule has 1 aromatic heterocycles. The molecular formula is C13H22N4O. The third kappa shape index (κ3) is 2.90. The van der Waals surface area contributed by atoms with E-state index in [0.717, 1.165) is 17.9 Å². The van der Waals surface area contributed by atoms with Crippen molar-refractivity contribution in [1.29, 1.82) is 0 Å². The van der Waals surface area contributed by atoms with E-state index in [9.17, 15) is 0 Å². The van der Waals surface area contributed by atoms with Crippen molar-refractivity contribution in [3.8, 4) is 5.88 Å². The molecule has 0 aliphatic carbocycles. The van der Waals surface area contributed by atoms with Gasteiger partial charge in [-0.15, -0.1) is 0 Å². The van der Waals surface area contributed by atoms with Gasteiger partial charge in [-0.1, -0.05) is 0 Å². The number of likely N-dealkylation sites (N-methyl/N-ethyl adjacent to an activating group) is 1. The second-order valence-electron chi connectivity index (χ2n) is 4.74. The van der Waals surface area contributed by atoms with Crippen LogP contribution in [0.15, 0.2) is 6.33 Å². The molecule has 1 saturated heterocycles. The van der Waals surface area contributed by atoms with Gasteiger partial charge in [-0.25, -0.2) is 9.97 Å². The summed E-state index contributed by atoms with van der Waals surface area (Å²) in [5, 5.41) is 3.41. The van der Waals surface area contributed by atoms with Gasteiger partial charge in [0.25, 0.3) is 0 Å². The Morgan fingerprint density at radius 3 is 3.00 bits per heavy atom. The number of ether oxygens (including phenoxy) is 1. The quantitative estimate of drug-likeness (QED) is 0.862. The van der Waals surface area contributed by atoms with Crippen LogP contribution < -0.4 is 10.1 Å². The number of likely N-dealkylation sites (tertiary alicyclic amines) is 1. The number of nitrogens with zero attached hydrogens (tertiary/aromatic N) is 3. The lowest BCUT2D eigenvalue weighted by Crippen LogP contribution is -2.31. The molecule has 1 unspecified atom stereocenters. The van der Waals surface area contributed by atoms with E-state index in [0.29, 0.717) is 18.5 Å². The van der Waals surface area contributed by atoms with E-state index in [1.54, 1.807) is 6.33 Å². The SMILES string of the molecule is CCOc1ncnc(NCC2CCCN2C)c1C. The number of anilines is 1. The number of aromatic nitrogens is 2. The highest BCUT2D eigenvalue weighted by Crippen LogP contribution is 2.21. The molecule has 1 N–H and O–H groups in total. The number of nitrogens with one attached hydrogen (secondary N) is 1. The summed E-state index contributed by atoms with van der Waals surface area (Å²) in [7, 11) is 2.18. The molecule has 100 valence electrons. The van der Waals surface area contributed by atoms with Gasteiger partial charge in [-0.2, -0.15) is 0 Å². The first-order valence-electron chi connectivity index (χ1n) is 6.61. The summed E-state index contributed by atoms with van der Waals surface area (Å²) in [4.78, 5) is 10.8. The van der Waals surface area contributed by atoms with E-state index in [1.165, 1.54) is 19.4 Å². The second kappa shape index (κ2) is 6.00. The van der Waals surface area contributed by atoms with Gasteiger partial charge < -0.3 is 15.0 Å². The van der Waals surface area contributed by atoms with Crippen LogP contribution in [0.1, 0.15) is 25.3 Å². The van der Waals surface area contributed by atoms with Gasteiger partial charge in [0, 0.05) is 12.6 Å². The van der Waals surface area contributed by atoms with Gasteiger partial charge in [-0.05, 0) is 40.3 Å². The molecule has 0 saturated carbocycles. The molecule has 1 aliphatic heterocycles. The molecule has 0 amide bonds. The zero-order chi connectivity index (χ0) is 13.0. The van der Waals surface area contributed by atoms with E-state index in [2.05, 4.69) is 27.2 Å². The van der Waals surface area contributed by atoms with Gasteiger partial charge in [0.2, 0.25) is 5.88 Å². The van der Waals surface area contributed by atoms with Crippen LogP contribution in [0.4, 0.5) is 5.82 Å². The monoisotopic (exact) mass is 250 g/mol. The van der Waals surface area contributed by atoms with Crippen LogP contribution in [0.2, 0.25) is 0 Å². The molecule has 18 heavy (non-hydrogen) atoms. The van der Waals surface area contributed by atoms with Crippen LogP contribution in [-0.4, -0.2) is 47.7 Å². The molecule has 5 heteroatoms. The molecule has 2 heterocycles. The number of rotatable bonds is 5. The Balaban J connectivity index is 1.98. The summed E-state index contributed by atoms with van der Waals surface area (Å²) in [6, 6.07) is 0.606. The van der Waals surface area contributed by atoms with E-state index in [-0.39, 0.29) is 0 Å². The molecule has 0 spiro atoms. The smallest absolute Gasteiger partial charge is 0.221 e. The fourth-order valence-electron chi connectivity index (χ4n) is 2.35. The standard InChI is InChI=1S/C13H22N4O/c1-4-18-13-10(2)12(15-9-16-13)14-8-11-6-5-7-17(11)3/h9,11H,4-8H2,1-3H3,(H,14,15,16). The van der Waals surface area contributed by atoms with E-state index in [4.69, 9.17) is 4.74 Å². The number of hydrogen-bond donors (Lipinski definition) is 1. The van der Waals surface area contributed by atoms with Crippen LogP contribution in [0.5, 0.6) is 5.88 Å². The zero-order valence-corrected chi connectivity index (χ0v) is 11.4. The summed E-state index contributed by atoms with van der Waals surface area (Å²) in [6.45, 7) is 6.70. The van der Waals surface area contributed by atoms with Crippen molar-refractivity contribution in [2.75, 3.05) is 32.1 Å². The first-order valence-corrected chi connectivity index (χ1v) is 6.61. The summed E-state index contributed by atoms with van der Waals surface area (Å²) < 4.78 is 5.47. The molecule has 1 aliphatic rings. The van der Waals surface area contributed by atoms with E-state index in [1.807, 2.05) is 13.8 Å². The molecule has 2 rings (SSSR count). The molecule has 1 atom stereocenters. The molecule has 1 aromatic rings. The van der Waals surface area contributed by atoms with E-state index < -0.39 is 0 Å². The second-order valence-corrected chi connectivity index (χ2v) is 4.74. The molecule has 0 aromatic carbocycles. The minimum Gasteiger partial charge on any atom is -0.478 e. The summed E-state index contributed by atoms with van der Waals surface area (Å²) in [5.41, 5.74) is 0.986. The van der Waals surface area contributed by atoms with Crippen LogP contribution in [-0.2, 0) is 0 Å². The molecule has 0 radical (unpaired) electrons. The fraction of sp³-hybridized carbons (Fsp3) is 0.692. The maximum Gasteiger partial charge on any atom is 0.221 e. The maximum atomic E-state index is 5.47. The van der Waals surface area contributed by atoms with E-state index >= 15 is 0 Å². The average Bonchev–Trinajstić information content (AvgIpc) is 2.76. The van der Waals surface area contributed by atoms with Crippen molar-refractivity contribution < 1.29 is 4.74 Å². The highest BCUT2D eigenvalue weighted by atomic mass is 16.5. The Hall–Kier alpha value is -1.36. The first kappa shape index (κ1) is 13.1. The van der Waals surface area contributed by atoms with Gasteiger partial charge in [0.05, 0.1) is 12.2 Å². The van der Waals surface area contributed by atoms with Crippen molar-refractivity contribution >= 4 is 5.82 Å². The highest BCUT2D eigenvalue weighted by Gasteiger charge is 2.20. The third-order valence-electron chi connectivity index (χ3n) is 3.50. The predicted octanol–water partition coefficient (Wildman–Crippen LogP) is 1.69. The number of hydrogen-bond acceptors (Lipinski definition) is 5. The third-order valence-corrected chi connectivity index (χ3v) is 3.50. The minimum atomic E-state index is 0.606. The highest BCUT2D eigenvalue weighted by molar-refractivity contribution is 5.47. The van der Waals surface area contributed by atoms with Crippen LogP contribution in [0.25, 0.3) is 0 Å². The fourth-order valence-corrected chi connectivity index (χ4v) is 2.35. The lowest BCUT2D eigenvalue weighted by molar-refractivity contribution is 0.320. The Bertz CT molecular complexity index is 397. The summed E-state index contributed by atoms with van der Waals surface area (Å²) in [6.07, 6.45) is 4.10. The molecule has 0 bridgehead atoms. The average molecular weight is 250 g/mol. The van der Waals surface area contributed by atoms with Crippen molar-refractivity contribution in [1.82, 2.24) is 14.9 Å². The van der Waals surface area contributed by atoms with Gasteiger partial charge in [0.1, 0.15) is 12.1 Å². The summed E-state index contributed by atoms with van der Waals surface area (Å²) >= 11 is 0. The predicted molar refractivity (Wildman–Crippen MR) is 72.1 cm³/mol. The summed E-state index contributed by atoms with van der Waals surface area (Å²) in [5.74, 6) is 1.56. The first-order chi connectivity index (χ1) is 8.72. The van der Waals surface area contributed by atoms with Gasteiger partial charge in [0.15, 0.2) is 0 Å². The minimum absolute atomic E-state index is 0.606. The zero-order valence-electron chi connectivity index (χ0n) is 11.4. The van der Waals surface area contributed by atoms with Crippen molar-refractivity contribution in [2.24, 2.45) is 0 Å². The van der Waals surface area contributed by atoms with Crippen molar-refractivity contribution in [2.45, 2.75) is 32.7 Å². The van der Waals surface area contributed by atoms with Crippen molar-refractivity contribution in [3.63, 3.8) is 0 Å². The molecular weight excluding hydrogens is 228 g/mol. The topological polar surface area (TPSA) is 50.3 Å². The molecule has 1 fully saturated rings. The van der Waals surface area contributed by atoms with Gasteiger partial charge >= 0.3 is 0 Å². The Labute approximate surface area is 109 Å². The Kier molecular flexibility index (Phi) is 4.36. The van der Waals surface area contributed by atoms with Gasteiger partial charge in [-0.3, -0.25) is 0 Å². The maximum absolute atomic E-state index is 5.47. The normalized spacial score (nSPS) is 20.1. The Morgan fingerprint density at radius 2 is 2.33 bits per heavy atom. The molecule has 5 nitrogen and oxygen atoms in total. The van der Waals surface area contributed by atoms with Crippen LogP contribution in [0.3, 0.4) is 0 Å². The largest absolute Gasteiger partial charge is 0.478 e. The van der Waals surface area contributed by atoms with Crippen LogP contribution in [0, 0.1) is 6.92 Å². The van der Waals surface area contributed by atoms with Crippen molar-refractivity contribution in [3.05, 3.63) is 11.9 Å². The Morgan fingerprint density at radius 1 is 1.50 bits per heavy atom. The lowest BCUT2D eigenvalue weighted by Gasteiger charge is -2.20. The lowest BCUT2D eigenvalue weighted by atomic mass is 10.2.